The van der Waals surface area contributed by atoms with E-state index in [4.69, 9.17) is 33.4 Å². The lowest BCUT2D eigenvalue weighted by Gasteiger charge is -2.37. The van der Waals surface area contributed by atoms with Gasteiger partial charge in [-0.25, -0.2) is 0 Å². The molecular formula is C30H35NO8. The van der Waals surface area contributed by atoms with E-state index in [1.807, 2.05) is 24.3 Å². The fraction of sp³-hybridized carbons (Fsp3) is 0.433. The molecule has 1 unspecified atom stereocenters. The smallest absolute Gasteiger partial charge is 0.315 e. The molecule has 0 saturated carbocycles. The van der Waals surface area contributed by atoms with Crippen LogP contribution in [0.5, 0.6) is 23.0 Å². The van der Waals surface area contributed by atoms with Crippen molar-refractivity contribution in [3.8, 4) is 23.0 Å². The summed E-state index contributed by atoms with van der Waals surface area (Å²) in [5.74, 6) is 0.267. The maximum atomic E-state index is 13.9. The Labute approximate surface area is 228 Å². The van der Waals surface area contributed by atoms with Crippen LogP contribution in [0.15, 0.2) is 52.7 Å². The van der Waals surface area contributed by atoms with E-state index in [1.165, 1.54) is 7.11 Å². The van der Waals surface area contributed by atoms with E-state index < -0.39 is 17.8 Å². The molecule has 3 atom stereocenters. The standard InChI is InChI=1S/C30H35NO8/c1-17-27(30(33)39-12-11-34-2)28(21-16-20(35-3)8-10-24(21)36-4)29-22(31-17)13-19(14-23(29)32)18-7-9-25(37-5)26(15-18)38-6/h7-10,15-16,19,27-28H,11-14H2,1-6H3/t19-,27?,28+/m1/s1. The monoisotopic (exact) mass is 537 g/mol. The van der Waals surface area contributed by atoms with E-state index >= 15 is 0 Å². The van der Waals surface area contributed by atoms with Crippen LogP contribution in [-0.2, 0) is 19.1 Å². The number of rotatable bonds is 10. The van der Waals surface area contributed by atoms with E-state index in [9.17, 15) is 9.59 Å². The Morgan fingerprint density at radius 1 is 0.872 bits per heavy atom. The molecule has 1 aliphatic heterocycles. The molecule has 1 heterocycles. The molecule has 9 nitrogen and oxygen atoms in total. The second-order valence-electron chi connectivity index (χ2n) is 9.48. The van der Waals surface area contributed by atoms with Crippen molar-refractivity contribution in [2.75, 3.05) is 48.8 Å². The van der Waals surface area contributed by atoms with Gasteiger partial charge in [0.15, 0.2) is 17.3 Å². The van der Waals surface area contributed by atoms with Crippen molar-refractivity contribution in [1.29, 1.82) is 0 Å². The third-order valence-corrected chi connectivity index (χ3v) is 7.33. The summed E-state index contributed by atoms with van der Waals surface area (Å²) in [6.07, 6.45) is 0.791. The lowest BCUT2D eigenvalue weighted by Crippen LogP contribution is -2.38. The molecule has 0 radical (unpaired) electrons. The maximum Gasteiger partial charge on any atom is 0.315 e. The number of aliphatic imine (C=N–C) groups is 1. The summed E-state index contributed by atoms with van der Waals surface area (Å²) < 4.78 is 32.6. The Morgan fingerprint density at radius 3 is 2.26 bits per heavy atom. The molecule has 1 aliphatic carbocycles. The zero-order valence-electron chi connectivity index (χ0n) is 23.2. The van der Waals surface area contributed by atoms with Crippen LogP contribution < -0.4 is 18.9 Å². The number of carbonyl (C=O) groups is 2. The third-order valence-electron chi connectivity index (χ3n) is 7.33. The normalized spacial score (nSPS) is 20.6. The summed E-state index contributed by atoms with van der Waals surface area (Å²) in [7, 11) is 7.84. The second-order valence-corrected chi connectivity index (χ2v) is 9.48. The minimum Gasteiger partial charge on any atom is -0.497 e. The molecule has 0 N–H and O–H groups in total. The van der Waals surface area contributed by atoms with Crippen molar-refractivity contribution in [1.82, 2.24) is 0 Å². The van der Waals surface area contributed by atoms with Gasteiger partial charge < -0.3 is 28.4 Å². The average molecular weight is 538 g/mol. The first kappa shape index (κ1) is 28.2. The number of ketones is 1. The highest BCUT2D eigenvalue weighted by Crippen LogP contribution is 2.49. The fourth-order valence-corrected chi connectivity index (χ4v) is 5.44. The van der Waals surface area contributed by atoms with Crippen LogP contribution in [0.3, 0.4) is 0 Å². The van der Waals surface area contributed by atoms with Crippen LogP contribution in [0.4, 0.5) is 0 Å². The largest absolute Gasteiger partial charge is 0.497 e. The molecule has 0 fully saturated rings. The first-order valence-electron chi connectivity index (χ1n) is 12.8. The van der Waals surface area contributed by atoms with Gasteiger partial charge in [0.1, 0.15) is 24.0 Å². The molecule has 0 amide bonds. The Hall–Kier alpha value is -3.85. The minimum atomic E-state index is -0.803. The van der Waals surface area contributed by atoms with Crippen LogP contribution in [0.2, 0.25) is 0 Å². The molecule has 0 spiro atoms. The van der Waals surface area contributed by atoms with Crippen LogP contribution in [-0.4, -0.2) is 66.2 Å². The van der Waals surface area contributed by atoms with Gasteiger partial charge in [0.2, 0.25) is 0 Å². The van der Waals surface area contributed by atoms with Crippen molar-refractivity contribution < 1.29 is 38.0 Å². The number of nitrogens with zero attached hydrogens (tertiary/aromatic N) is 1. The van der Waals surface area contributed by atoms with Crippen molar-refractivity contribution in [3.05, 3.63) is 58.8 Å². The number of hydrogen-bond donors (Lipinski definition) is 0. The highest BCUT2D eigenvalue weighted by atomic mass is 16.6. The van der Waals surface area contributed by atoms with Crippen LogP contribution in [0.1, 0.15) is 42.7 Å². The SMILES string of the molecule is COCCOC(=O)C1C(C)=NC2=C(C(=O)C[C@H](c3ccc(OC)c(OC)c3)C2)[C@H]1c1cc(OC)ccc1OC. The van der Waals surface area contributed by atoms with Crippen molar-refractivity contribution >= 4 is 17.5 Å². The molecular weight excluding hydrogens is 502 g/mol. The quantitative estimate of drug-likeness (QED) is 0.323. The molecule has 0 saturated heterocycles. The predicted molar refractivity (Wildman–Crippen MR) is 145 cm³/mol. The van der Waals surface area contributed by atoms with Gasteiger partial charge in [-0.3, -0.25) is 14.6 Å². The molecule has 39 heavy (non-hydrogen) atoms. The Kier molecular flexibility index (Phi) is 8.91. The fourth-order valence-electron chi connectivity index (χ4n) is 5.44. The summed E-state index contributed by atoms with van der Waals surface area (Å²) in [6.45, 7) is 2.17. The molecule has 0 bridgehead atoms. The number of hydrogen-bond acceptors (Lipinski definition) is 9. The van der Waals surface area contributed by atoms with Gasteiger partial charge in [-0.2, -0.15) is 0 Å². The minimum absolute atomic E-state index is 0.0724. The third kappa shape index (κ3) is 5.63. The highest BCUT2D eigenvalue weighted by molar-refractivity contribution is 6.09. The lowest BCUT2D eigenvalue weighted by atomic mass is 9.69. The van der Waals surface area contributed by atoms with Gasteiger partial charge in [-0.05, 0) is 55.2 Å². The number of benzene rings is 2. The van der Waals surface area contributed by atoms with Crippen molar-refractivity contribution in [3.63, 3.8) is 0 Å². The average Bonchev–Trinajstić information content (AvgIpc) is 2.95. The first-order chi connectivity index (χ1) is 18.9. The number of allylic oxidation sites excluding steroid dienone is 2. The Balaban J connectivity index is 1.81. The molecule has 2 aromatic rings. The topological polar surface area (TPSA) is 102 Å². The van der Waals surface area contributed by atoms with Crippen molar-refractivity contribution in [2.45, 2.75) is 31.6 Å². The Morgan fingerprint density at radius 2 is 1.59 bits per heavy atom. The predicted octanol–water partition coefficient (Wildman–Crippen LogP) is 4.49. The second kappa shape index (κ2) is 12.3. The summed E-state index contributed by atoms with van der Waals surface area (Å²) in [6, 6.07) is 11.1. The van der Waals surface area contributed by atoms with E-state index in [0.29, 0.717) is 52.0 Å². The van der Waals surface area contributed by atoms with Gasteiger partial charge in [0, 0.05) is 42.0 Å². The molecule has 4 rings (SSSR count). The summed E-state index contributed by atoms with van der Waals surface area (Å²) >= 11 is 0. The molecule has 2 aromatic carbocycles. The number of methoxy groups -OCH3 is 5. The number of ether oxygens (including phenoxy) is 6. The summed E-state index contributed by atoms with van der Waals surface area (Å²) in [5, 5.41) is 0. The summed E-state index contributed by atoms with van der Waals surface area (Å²) in [4.78, 5) is 32.2. The van der Waals surface area contributed by atoms with Gasteiger partial charge in [-0.1, -0.05) is 6.07 Å². The van der Waals surface area contributed by atoms with Crippen LogP contribution in [0.25, 0.3) is 0 Å². The molecule has 208 valence electrons. The van der Waals surface area contributed by atoms with Crippen molar-refractivity contribution in [2.24, 2.45) is 10.9 Å². The van der Waals surface area contributed by atoms with E-state index in [-0.39, 0.29) is 31.3 Å². The zero-order valence-corrected chi connectivity index (χ0v) is 23.2. The number of esters is 1. The summed E-state index contributed by atoms with van der Waals surface area (Å²) in [5.41, 5.74) is 3.38. The van der Waals surface area contributed by atoms with Gasteiger partial charge >= 0.3 is 5.97 Å². The number of Topliss-reactive ketones (excluding diaryl/α,β-unsaturated/α-hetero) is 1. The van der Waals surface area contributed by atoms with E-state index in [1.54, 1.807) is 47.5 Å². The van der Waals surface area contributed by atoms with Gasteiger partial charge in [-0.15, -0.1) is 0 Å². The van der Waals surface area contributed by atoms with Crippen LogP contribution in [0, 0.1) is 5.92 Å². The lowest BCUT2D eigenvalue weighted by molar-refractivity contribution is -0.147. The zero-order chi connectivity index (χ0) is 28.1. The maximum absolute atomic E-state index is 13.9. The highest BCUT2D eigenvalue weighted by Gasteiger charge is 2.46. The van der Waals surface area contributed by atoms with E-state index in [0.717, 1.165) is 5.56 Å². The molecule has 0 aromatic heterocycles. The van der Waals surface area contributed by atoms with Gasteiger partial charge in [0.25, 0.3) is 0 Å². The molecule has 9 heteroatoms. The number of carbonyl (C=O) groups excluding carboxylic acids is 2. The first-order valence-corrected chi connectivity index (χ1v) is 12.8. The van der Waals surface area contributed by atoms with E-state index in [2.05, 4.69) is 0 Å². The van der Waals surface area contributed by atoms with Crippen LogP contribution >= 0.6 is 0 Å². The van der Waals surface area contributed by atoms with Gasteiger partial charge in [0.05, 0.1) is 35.0 Å². The molecule has 2 aliphatic rings. The Bertz CT molecular complexity index is 1300.